The monoisotopic (exact) mass is 237 g/mol. The zero-order chi connectivity index (χ0) is 11.8. The fraction of sp³-hybridized carbons (Fsp3) is 0.182. The number of nitrogens with one attached hydrogen (secondary N) is 1. The summed E-state index contributed by atoms with van der Waals surface area (Å²) in [4.78, 5) is 11.3. The molecule has 4 nitrogen and oxygen atoms in total. The maximum atomic E-state index is 11.7. The van der Waals surface area contributed by atoms with Crippen LogP contribution in [0, 0.1) is 0 Å². The van der Waals surface area contributed by atoms with Crippen molar-refractivity contribution in [2.24, 2.45) is 0 Å². The number of rotatable bonds is 2. The van der Waals surface area contributed by atoms with Crippen molar-refractivity contribution in [1.82, 2.24) is 0 Å². The lowest BCUT2D eigenvalue weighted by Crippen LogP contribution is -2.23. The molecule has 0 fully saturated rings. The first-order chi connectivity index (χ1) is 7.54. The molecule has 0 aromatic heterocycles. The number of sulfonamides is 1. The van der Waals surface area contributed by atoms with Crippen LogP contribution in [0.1, 0.15) is 18.9 Å². The smallest absolute Gasteiger partial charge is 0.265 e. The Balaban J connectivity index is 2.61. The average molecular weight is 237 g/mol. The van der Waals surface area contributed by atoms with Gasteiger partial charge in [-0.05, 0) is 12.1 Å². The van der Waals surface area contributed by atoms with Crippen LogP contribution in [0.25, 0.3) is 6.08 Å². The van der Waals surface area contributed by atoms with Gasteiger partial charge < -0.3 is 0 Å². The molecule has 1 heterocycles. The van der Waals surface area contributed by atoms with Crippen molar-refractivity contribution in [2.45, 2.75) is 13.3 Å². The van der Waals surface area contributed by atoms with Gasteiger partial charge in [0.2, 0.25) is 0 Å². The highest BCUT2D eigenvalue weighted by Crippen LogP contribution is 2.28. The van der Waals surface area contributed by atoms with E-state index in [4.69, 9.17) is 0 Å². The Hall–Kier alpha value is -1.62. The first kappa shape index (κ1) is 10.9. The number of para-hydroxylation sites is 1. The van der Waals surface area contributed by atoms with Crippen molar-refractivity contribution in [3.05, 3.63) is 34.7 Å². The molecule has 0 aliphatic carbocycles. The first-order valence-corrected chi connectivity index (χ1v) is 6.39. The van der Waals surface area contributed by atoms with Gasteiger partial charge in [0.25, 0.3) is 10.0 Å². The predicted octanol–water partition coefficient (Wildman–Crippen LogP) is 1.76. The first-order valence-electron chi connectivity index (χ1n) is 4.91. The van der Waals surface area contributed by atoms with Crippen LogP contribution in [0.5, 0.6) is 0 Å². The van der Waals surface area contributed by atoms with Crippen molar-refractivity contribution in [1.29, 1.82) is 0 Å². The van der Waals surface area contributed by atoms with Crippen LogP contribution in [0.15, 0.2) is 29.2 Å². The van der Waals surface area contributed by atoms with Crippen molar-refractivity contribution in [3.63, 3.8) is 0 Å². The molecule has 1 aromatic rings. The molecular weight excluding hydrogens is 226 g/mol. The summed E-state index contributed by atoms with van der Waals surface area (Å²) < 4.78 is 25.9. The third kappa shape index (κ3) is 1.74. The Labute approximate surface area is 94.0 Å². The van der Waals surface area contributed by atoms with Crippen molar-refractivity contribution < 1.29 is 13.2 Å². The third-order valence-corrected chi connectivity index (χ3v) is 3.79. The fourth-order valence-corrected chi connectivity index (χ4v) is 2.85. The van der Waals surface area contributed by atoms with E-state index in [-0.39, 0.29) is 17.1 Å². The molecule has 1 aliphatic heterocycles. The summed E-state index contributed by atoms with van der Waals surface area (Å²) in [6, 6.07) is 6.96. The summed E-state index contributed by atoms with van der Waals surface area (Å²) in [5.74, 6) is -0.373. The molecule has 0 unspecified atom stereocenters. The van der Waals surface area contributed by atoms with Gasteiger partial charge >= 0.3 is 0 Å². The third-order valence-electron chi connectivity index (χ3n) is 2.38. The minimum Gasteiger partial charge on any atom is -0.293 e. The number of allylic oxidation sites excluding steroid dienone is 1. The highest BCUT2D eigenvalue weighted by molar-refractivity contribution is 7.97. The maximum absolute atomic E-state index is 11.7. The molecule has 2 rings (SSSR count). The standard InChI is InChI=1S/C11H11NO3S/c1-2-10(13)11-7-8-5-3-4-6-9(8)12-16(11,14)15/h3-7,12H,2H2,1H3. The SMILES string of the molecule is CCC(=O)C1=Cc2ccccc2NS1(=O)=O. The van der Waals surface area contributed by atoms with E-state index in [0.29, 0.717) is 11.3 Å². The summed E-state index contributed by atoms with van der Waals surface area (Å²) >= 11 is 0. The van der Waals surface area contributed by atoms with Crippen LogP contribution < -0.4 is 4.72 Å². The predicted molar refractivity (Wildman–Crippen MR) is 62.3 cm³/mol. The minimum atomic E-state index is -3.69. The van der Waals surface area contributed by atoms with Crippen molar-refractivity contribution in [3.8, 4) is 0 Å². The lowest BCUT2D eigenvalue weighted by atomic mass is 10.1. The number of hydrogen-bond acceptors (Lipinski definition) is 3. The summed E-state index contributed by atoms with van der Waals surface area (Å²) in [6.45, 7) is 1.64. The van der Waals surface area contributed by atoms with Gasteiger partial charge in [0, 0.05) is 12.0 Å². The van der Waals surface area contributed by atoms with E-state index in [9.17, 15) is 13.2 Å². The second-order valence-corrected chi connectivity index (χ2v) is 5.13. The molecule has 5 heteroatoms. The summed E-state index contributed by atoms with van der Waals surface area (Å²) in [7, 11) is -3.69. The topological polar surface area (TPSA) is 63.2 Å². The molecule has 0 radical (unpaired) electrons. The van der Waals surface area contributed by atoms with Gasteiger partial charge in [-0.25, -0.2) is 8.42 Å². The van der Waals surface area contributed by atoms with E-state index in [1.54, 1.807) is 31.2 Å². The van der Waals surface area contributed by atoms with E-state index in [0.717, 1.165) is 0 Å². The molecule has 0 saturated heterocycles. The van der Waals surface area contributed by atoms with Gasteiger partial charge in [-0.15, -0.1) is 0 Å². The Kier molecular flexibility index (Phi) is 2.55. The number of fused-ring (bicyclic) bond motifs is 1. The van der Waals surface area contributed by atoms with Crippen LogP contribution in [0.4, 0.5) is 5.69 Å². The molecule has 0 saturated carbocycles. The molecule has 16 heavy (non-hydrogen) atoms. The van der Waals surface area contributed by atoms with Crippen LogP contribution in [-0.2, 0) is 14.8 Å². The van der Waals surface area contributed by atoms with E-state index in [2.05, 4.69) is 4.72 Å². The van der Waals surface area contributed by atoms with Gasteiger partial charge in [-0.2, -0.15) is 0 Å². The fourth-order valence-electron chi connectivity index (χ4n) is 1.54. The average Bonchev–Trinajstić information content (AvgIpc) is 2.26. The molecule has 1 N–H and O–H groups in total. The van der Waals surface area contributed by atoms with E-state index >= 15 is 0 Å². The highest BCUT2D eigenvalue weighted by atomic mass is 32.2. The van der Waals surface area contributed by atoms with Gasteiger partial charge in [-0.3, -0.25) is 9.52 Å². The zero-order valence-electron chi connectivity index (χ0n) is 8.73. The molecule has 0 amide bonds. The number of ketones is 1. The van der Waals surface area contributed by atoms with Crippen LogP contribution in [-0.4, -0.2) is 14.2 Å². The lowest BCUT2D eigenvalue weighted by Gasteiger charge is -2.17. The van der Waals surface area contributed by atoms with Gasteiger partial charge in [0.05, 0.1) is 5.69 Å². The number of carbonyl (C=O) groups is 1. The molecule has 0 spiro atoms. The van der Waals surface area contributed by atoms with Crippen LogP contribution >= 0.6 is 0 Å². The molecule has 84 valence electrons. The Morgan fingerprint density at radius 1 is 1.31 bits per heavy atom. The Morgan fingerprint density at radius 2 is 2.00 bits per heavy atom. The lowest BCUT2D eigenvalue weighted by molar-refractivity contribution is -0.114. The Bertz CT molecular complexity index is 573. The number of anilines is 1. The number of carbonyl (C=O) groups excluding carboxylic acids is 1. The van der Waals surface area contributed by atoms with Crippen molar-refractivity contribution >= 4 is 27.6 Å². The number of benzene rings is 1. The van der Waals surface area contributed by atoms with E-state index in [1.165, 1.54) is 6.08 Å². The summed E-state index contributed by atoms with van der Waals surface area (Å²) in [6.07, 6.45) is 1.60. The van der Waals surface area contributed by atoms with Crippen molar-refractivity contribution in [2.75, 3.05) is 4.72 Å². The van der Waals surface area contributed by atoms with Gasteiger partial charge in [-0.1, -0.05) is 25.1 Å². The molecule has 1 aliphatic rings. The molecule has 0 atom stereocenters. The largest absolute Gasteiger partial charge is 0.293 e. The molecule has 1 aromatic carbocycles. The zero-order valence-corrected chi connectivity index (χ0v) is 9.54. The Morgan fingerprint density at radius 3 is 2.69 bits per heavy atom. The number of hydrogen-bond donors (Lipinski definition) is 1. The van der Waals surface area contributed by atoms with Gasteiger partial charge in [0.1, 0.15) is 4.91 Å². The second-order valence-electron chi connectivity index (χ2n) is 3.48. The van der Waals surface area contributed by atoms with Crippen LogP contribution in [0.3, 0.4) is 0 Å². The highest BCUT2D eigenvalue weighted by Gasteiger charge is 2.27. The maximum Gasteiger partial charge on any atom is 0.265 e. The minimum absolute atomic E-state index is 0.159. The summed E-state index contributed by atoms with van der Waals surface area (Å²) in [5, 5.41) is 0. The van der Waals surface area contributed by atoms with E-state index in [1.807, 2.05) is 0 Å². The van der Waals surface area contributed by atoms with E-state index < -0.39 is 10.0 Å². The van der Waals surface area contributed by atoms with Gasteiger partial charge in [0.15, 0.2) is 5.78 Å². The molecule has 0 bridgehead atoms. The normalized spacial score (nSPS) is 16.9. The quantitative estimate of drug-likeness (QED) is 0.852. The number of Topliss-reactive ketones (excluding diaryl/α,β-unsaturated/α-hetero) is 1. The second kappa shape index (κ2) is 3.75. The van der Waals surface area contributed by atoms with Crippen LogP contribution in [0.2, 0.25) is 0 Å². The molecular formula is C11H11NO3S. The summed E-state index contributed by atoms with van der Waals surface area (Å²) in [5.41, 5.74) is 1.23.